The second-order valence-corrected chi connectivity index (χ2v) is 5.10. The van der Waals surface area contributed by atoms with Crippen molar-refractivity contribution < 1.29 is 0 Å². The third-order valence-corrected chi connectivity index (χ3v) is 3.45. The van der Waals surface area contributed by atoms with Gasteiger partial charge in [-0.15, -0.1) is 0 Å². The van der Waals surface area contributed by atoms with Gasteiger partial charge in [0.15, 0.2) is 0 Å². The largest absolute Gasteiger partial charge is 0.331 e. The molecule has 0 saturated carbocycles. The summed E-state index contributed by atoms with van der Waals surface area (Å²) in [5.41, 5.74) is -0.0178. The van der Waals surface area contributed by atoms with Gasteiger partial charge in [0.25, 0.3) is 5.56 Å². The smallest absolute Gasteiger partial charge is 0.297 e. The van der Waals surface area contributed by atoms with Crippen molar-refractivity contribution in [3.63, 3.8) is 0 Å². The Labute approximate surface area is 119 Å². The lowest BCUT2D eigenvalue weighted by Crippen LogP contribution is -2.42. The van der Waals surface area contributed by atoms with Gasteiger partial charge in [0.2, 0.25) is 0 Å². The van der Waals surface area contributed by atoms with Gasteiger partial charge in [0.1, 0.15) is 0 Å². The van der Waals surface area contributed by atoms with Crippen LogP contribution in [-0.4, -0.2) is 9.13 Å². The maximum Gasteiger partial charge on any atom is 0.331 e. The van der Waals surface area contributed by atoms with E-state index < -0.39 is 0 Å². The summed E-state index contributed by atoms with van der Waals surface area (Å²) in [6, 6.07) is 2.11. The highest BCUT2D eigenvalue weighted by Gasteiger charge is 2.15. The Hall–Kier alpha value is -1.83. The molecule has 1 aromatic rings. The van der Waals surface area contributed by atoms with Gasteiger partial charge in [0, 0.05) is 24.3 Å². The van der Waals surface area contributed by atoms with E-state index in [4.69, 9.17) is 5.26 Å². The lowest BCUT2D eigenvalue weighted by Gasteiger charge is -2.20. The Balaban J connectivity index is 3.33. The van der Waals surface area contributed by atoms with E-state index in [2.05, 4.69) is 13.8 Å². The Bertz CT molecular complexity index is 587. The number of nitriles is 1. The molecule has 5 heteroatoms. The molecule has 0 aromatic carbocycles. The number of hydrogen-bond acceptors (Lipinski definition) is 3. The fraction of sp³-hybridized carbons (Fsp3) is 0.667. The van der Waals surface area contributed by atoms with Crippen LogP contribution in [0.15, 0.2) is 15.8 Å². The van der Waals surface area contributed by atoms with Crippen LogP contribution in [0.1, 0.15) is 57.6 Å². The van der Waals surface area contributed by atoms with Crippen LogP contribution in [0.25, 0.3) is 0 Å². The summed E-state index contributed by atoms with van der Waals surface area (Å²) in [5, 5.41) is 8.65. The maximum absolute atomic E-state index is 12.5. The molecule has 1 heterocycles. The maximum atomic E-state index is 12.5. The standard InChI is InChI=1S/C15H23N3O2/c1-4-7-13(8-5-2)18-11-12(3)14(19)17(15(18)20)10-6-9-16/h11,13H,4-8,10H2,1-3H3. The molecule has 0 unspecified atom stereocenters. The summed E-state index contributed by atoms with van der Waals surface area (Å²) in [6.45, 7) is 6.06. The highest BCUT2D eigenvalue weighted by molar-refractivity contribution is 5.04. The van der Waals surface area contributed by atoms with E-state index in [9.17, 15) is 9.59 Å². The zero-order valence-electron chi connectivity index (χ0n) is 12.6. The summed E-state index contributed by atoms with van der Waals surface area (Å²) in [4.78, 5) is 24.5. The van der Waals surface area contributed by atoms with Crippen LogP contribution in [-0.2, 0) is 6.54 Å². The van der Waals surface area contributed by atoms with E-state index in [0.717, 1.165) is 25.7 Å². The van der Waals surface area contributed by atoms with Gasteiger partial charge in [-0.05, 0) is 19.8 Å². The van der Waals surface area contributed by atoms with Gasteiger partial charge in [-0.2, -0.15) is 5.26 Å². The van der Waals surface area contributed by atoms with Crippen molar-refractivity contribution in [2.45, 2.75) is 65.5 Å². The summed E-state index contributed by atoms with van der Waals surface area (Å²) in [7, 11) is 0. The predicted octanol–water partition coefficient (Wildman–Crippen LogP) is 2.37. The molecule has 0 aliphatic rings. The van der Waals surface area contributed by atoms with Crippen molar-refractivity contribution in [2.24, 2.45) is 0 Å². The molecule has 5 nitrogen and oxygen atoms in total. The van der Waals surface area contributed by atoms with Crippen molar-refractivity contribution in [3.8, 4) is 6.07 Å². The van der Waals surface area contributed by atoms with Crippen molar-refractivity contribution in [1.29, 1.82) is 5.26 Å². The van der Waals surface area contributed by atoms with Crippen LogP contribution in [0.3, 0.4) is 0 Å². The van der Waals surface area contributed by atoms with E-state index >= 15 is 0 Å². The van der Waals surface area contributed by atoms with Gasteiger partial charge in [-0.1, -0.05) is 26.7 Å². The Morgan fingerprint density at radius 1 is 1.25 bits per heavy atom. The van der Waals surface area contributed by atoms with E-state index in [-0.39, 0.29) is 30.3 Å². The third-order valence-electron chi connectivity index (χ3n) is 3.45. The van der Waals surface area contributed by atoms with Crippen LogP contribution in [0.5, 0.6) is 0 Å². The quantitative estimate of drug-likeness (QED) is 0.768. The molecule has 0 atom stereocenters. The second kappa shape index (κ2) is 7.68. The van der Waals surface area contributed by atoms with Gasteiger partial charge in [-0.3, -0.25) is 13.9 Å². The normalized spacial score (nSPS) is 10.8. The second-order valence-electron chi connectivity index (χ2n) is 5.10. The van der Waals surface area contributed by atoms with Gasteiger partial charge < -0.3 is 0 Å². The minimum Gasteiger partial charge on any atom is -0.297 e. The van der Waals surface area contributed by atoms with Crippen LogP contribution in [0.2, 0.25) is 0 Å². The van der Waals surface area contributed by atoms with Crippen LogP contribution >= 0.6 is 0 Å². The Morgan fingerprint density at radius 2 is 1.85 bits per heavy atom. The fourth-order valence-electron chi connectivity index (χ4n) is 2.47. The van der Waals surface area contributed by atoms with Crippen LogP contribution in [0, 0.1) is 18.3 Å². The van der Waals surface area contributed by atoms with Crippen molar-refractivity contribution in [1.82, 2.24) is 9.13 Å². The molecule has 0 aliphatic heterocycles. The first-order chi connectivity index (χ1) is 9.56. The molecule has 0 radical (unpaired) electrons. The molecule has 0 spiro atoms. The number of nitrogens with zero attached hydrogens (tertiary/aromatic N) is 3. The highest BCUT2D eigenvalue weighted by Crippen LogP contribution is 2.17. The third kappa shape index (κ3) is 3.60. The molecule has 0 aliphatic carbocycles. The average Bonchev–Trinajstić information content (AvgIpc) is 2.43. The number of aryl methyl sites for hydroxylation is 1. The van der Waals surface area contributed by atoms with Gasteiger partial charge in [-0.25, -0.2) is 4.79 Å². The lowest BCUT2D eigenvalue weighted by molar-refractivity contribution is 0.393. The number of hydrogen-bond donors (Lipinski definition) is 0. The Morgan fingerprint density at radius 3 is 2.35 bits per heavy atom. The fourth-order valence-corrected chi connectivity index (χ4v) is 2.47. The summed E-state index contributed by atoms with van der Waals surface area (Å²) >= 11 is 0. The van der Waals surface area contributed by atoms with Crippen molar-refractivity contribution in [3.05, 3.63) is 32.6 Å². The number of rotatable bonds is 7. The van der Waals surface area contributed by atoms with Crippen LogP contribution in [0.4, 0.5) is 0 Å². The monoisotopic (exact) mass is 277 g/mol. The first-order valence-corrected chi connectivity index (χ1v) is 7.26. The van der Waals surface area contributed by atoms with Gasteiger partial charge >= 0.3 is 5.69 Å². The molecule has 1 rings (SSSR count). The molecule has 0 bridgehead atoms. The molecule has 0 N–H and O–H groups in total. The highest BCUT2D eigenvalue weighted by atomic mass is 16.2. The molecular formula is C15H23N3O2. The molecule has 0 amide bonds. The first-order valence-electron chi connectivity index (χ1n) is 7.26. The predicted molar refractivity (Wildman–Crippen MR) is 78.8 cm³/mol. The average molecular weight is 277 g/mol. The van der Waals surface area contributed by atoms with E-state index in [1.807, 2.05) is 6.07 Å². The van der Waals surface area contributed by atoms with Gasteiger partial charge in [0.05, 0.1) is 12.5 Å². The molecule has 20 heavy (non-hydrogen) atoms. The summed E-state index contributed by atoms with van der Waals surface area (Å²) in [5.74, 6) is 0. The summed E-state index contributed by atoms with van der Waals surface area (Å²) < 4.78 is 2.87. The molecule has 1 aromatic heterocycles. The lowest BCUT2D eigenvalue weighted by atomic mass is 10.1. The minimum atomic E-state index is -0.289. The van der Waals surface area contributed by atoms with E-state index in [0.29, 0.717) is 5.56 Å². The topological polar surface area (TPSA) is 67.8 Å². The van der Waals surface area contributed by atoms with Crippen molar-refractivity contribution in [2.75, 3.05) is 0 Å². The van der Waals surface area contributed by atoms with Crippen molar-refractivity contribution >= 4 is 0 Å². The minimum absolute atomic E-state index is 0.130. The molecular weight excluding hydrogens is 254 g/mol. The number of aromatic nitrogens is 2. The SMILES string of the molecule is CCCC(CCC)n1cc(C)c(=O)n(CCC#N)c1=O. The molecule has 0 saturated heterocycles. The zero-order valence-corrected chi connectivity index (χ0v) is 12.6. The first kappa shape index (κ1) is 16.2. The molecule has 0 fully saturated rings. The van der Waals surface area contributed by atoms with E-state index in [1.54, 1.807) is 17.7 Å². The summed E-state index contributed by atoms with van der Waals surface area (Å²) in [6.07, 6.45) is 5.67. The van der Waals surface area contributed by atoms with Crippen LogP contribution < -0.4 is 11.2 Å². The zero-order chi connectivity index (χ0) is 15.1. The Kier molecular flexibility index (Phi) is 6.23. The molecule has 110 valence electrons. The van der Waals surface area contributed by atoms with E-state index in [1.165, 1.54) is 4.57 Å².